The molecule has 0 radical (unpaired) electrons. The lowest BCUT2D eigenvalue weighted by molar-refractivity contribution is -0.404. The average Bonchev–Trinajstić information content (AvgIpc) is 3.12. The van der Waals surface area contributed by atoms with E-state index in [0.29, 0.717) is 13.0 Å². The minimum Gasteiger partial charge on any atom is -0.462 e. The summed E-state index contributed by atoms with van der Waals surface area (Å²) < 4.78 is 351. The van der Waals surface area contributed by atoms with Crippen LogP contribution in [-0.4, -0.2) is 109 Å². The van der Waals surface area contributed by atoms with Crippen LogP contribution in [0.4, 0.5) is 119 Å². The van der Waals surface area contributed by atoms with Crippen molar-refractivity contribution < 1.29 is 147 Å². The smallest absolute Gasteiger partial charge is 0.460 e. The van der Waals surface area contributed by atoms with Crippen molar-refractivity contribution in [3.63, 3.8) is 0 Å². The first-order chi connectivity index (χ1) is 28.2. The Kier molecular flexibility index (Phi) is 21.6. The van der Waals surface area contributed by atoms with E-state index in [0.717, 1.165) is 0 Å². The number of carbonyl (C=O) groups excluding carboxylic acids is 3. The molecule has 0 saturated carbocycles. The maximum atomic E-state index is 13.5. The Morgan fingerprint density at radius 1 is 0.492 bits per heavy atom. The van der Waals surface area contributed by atoms with Crippen LogP contribution < -0.4 is 0 Å². The second-order valence-electron chi connectivity index (χ2n) is 12.7. The molecule has 0 aliphatic carbocycles. The predicted octanol–water partition coefficient (Wildman–Crippen LogP) is 12.5. The number of hydrogen-bond acceptors (Lipinski definition) is 6. The van der Waals surface area contributed by atoms with Gasteiger partial charge in [0.05, 0.1) is 12.5 Å². The Labute approximate surface area is 346 Å². The normalized spacial score (nSPS) is 15.4. The van der Waals surface area contributed by atoms with Crippen molar-refractivity contribution in [2.45, 2.75) is 131 Å². The third-order valence-corrected chi connectivity index (χ3v) is 7.73. The SMILES string of the molecule is C=C(C)C(=O)OCCCCC(F)(F)C(F)(F)C(F)(F)C(F)(F)F.C=CC(=O)OC(C)C(C)C(F)(F)C(F)(F)C(F)(F)C(F)(F)F.C=CC(=O)OC(C)C(F)(F)C(F)(F)C(F)(F)C(F)(F)F. The Hall–Kier alpha value is -4.26. The zero-order chi connectivity index (χ0) is 53.4. The van der Waals surface area contributed by atoms with Crippen LogP contribution in [0.1, 0.15) is 47.0 Å². The summed E-state index contributed by atoms with van der Waals surface area (Å²) in [5, 5.41) is 0. The molecule has 0 aromatic heterocycles. The minimum atomic E-state index is -7.02. The van der Waals surface area contributed by atoms with Crippen LogP contribution in [0.3, 0.4) is 0 Å². The molecule has 0 fully saturated rings. The lowest BCUT2D eigenvalue weighted by Crippen LogP contribution is -2.64. The molecule has 0 amide bonds. The van der Waals surface area contributed by atoms with Gasteiger partial charge in [0.2, 0.25) is 0 Å². The first-order valence-electron chi connectivity index (χ1n) is 16.3. The van der Waals surface area contributed by atoms with Crippen molar-refractivity contribution in [3.05, 3.63) is 37.5 Å². The van der Waals surface area contributed by atoms with Gasteiger partial charge in [-0.15, -0.1) is 0 Å². The lowest BCUT2D eigenvalue weighted by atomic mass is 9.89. The van der Waals surface area contributed by atoms with Crippen LogP contribution in [0, 0.1) is 5.92 Å². The van der Waals surface area contributed by atoms with E-state index in [4.69, 9.17) is 0 Å². The standard InChI is InChI=1S/C12H13F9O2.C11H11F9O2.C9H7F9O2/c1-7(2)8(22)23-6-4-3-5-9(13,14)10(15,16)11(17,18)12(19,20)21;1-4-7(21)22-6(3)5(2)8(12,13)9(14,15)10(16,17)11(18,19)20;1-3-5(19)20-4(2)6(10,11)7(12,13)8(14,15)9(16,17)18/h1,3-6H2,2H3;4-6H,1H2,2-3H3;3-4H,1H2,2H3. The molecule has 0 aliphatic rings. The molecule has 3 atom stereocenters. The second-order valence-corrected chi connectivity index (χ2v) is 12.7. The Bertz CT molecular complexity index is 1630. The molecule has 0 bridgehead atoms. The van der Waals surface area contributed by atoms with Crippen molar-refractivity contribution in [2.24, 2.45) is 5.92 Å². The number of unbranched alkanes of at least 4 members (excludes halogenated alkanes) is 1. The zero-order valence-corrected chi connectivity index (χ0v) is 32.5. The molecule has 384 valence electrons. The second kappa shape index (κ2) is 21.6. The highest BCUT2D eigenvalue weighted by Crippen LogP contribution is 2.57. The quantitative estimate of drug-likeness (QED) is 0.0422. The fourth-order valence-electron chi connectivity index (χ4n) is 3.54. The van der Waals surface area contributed by atoms with Crippen molar-refractivity contribution >= 4 is 17.9 Å². The summed E-state index contributed by atoms with van der Waals surface area (Å²) in [6, 6.07) is 0. The summed E-state index contributed by atoms with van der Waals surface area (Å²) in [6.45, 7) is 10.5. The van der Waals surface area contributed by atoms with Crippen LogP contribution in [0.2, 0.25) is 0 Å². The molecule has 0 aromatic carbocycles. The zero-order valence-electron chi connectivity index (χ0n) is 32.5. The van der Waals surface area contributed by atoms with E-state index in [-0.39, 0.29) is 25.5 Å². The van der Waals surface area contributed by atoms with E-state index in [1.54, 1.807) is 0 Å². The van der Waals surface area contributed by atoms with Gasteiger partial charge in [0.15, 0.2) is 6.10 Å². The molecule has 33 heteroatoms. The molecule has 65 heavy (non-hydrogen) atoms. The number of ether oxygens (including phenoxy) is 3. The molecular formula is C32H31F27O6. The Balaban J connectivity index is -0.000000889. The largest absolute Gasteiger partial charge is 0.462 e. The van der Waals surface area contributed by atoms with Gasteiger partial charge in [0.25, 0.3) is 0 Å². The molecule has 0 spiro atoms. The van der Waals surface area contributed by atoms with Crippen LogP contribution >= 0.6 is 0 Å². The number of halogens is 27. The summed E-state index contributed by atoms with van der Waals surface area (Å²) in [4.78, 5) is 32.2. The fourth-order valence-corrected chi connectivity index (χ4v) is 3.54. The van der Waals surface area contributed by atoms with Crippen LogP contribution in [-0.2, 0) is 28.6 Å². The number of alkyl halides is 27. The number of hydrogen-bond donors (Lipinski definition) is 0. The first-order valence-corrected chi connectivity index (χ1v) is 16.3. The summed E-state index contributed by atoms with van der Waals surface area (Å²) >= 11 is 0. The maximum Gasteiger partial charge on any atom is 0.460 e. The molecule has 0 heterocycles. The Morgan fingerprint density at radius 2 is 0.815 bits per heavy atom. The van der Waals surface area contributed by atoms with Crippen LogP contribution in [0.5, 0.6) is 0 Å². The van der Waals surface area contributed by atoms with E-state index in [1.807, 2.05) is 0 Å². The van der Waals surface area contributed by atoms with Crippen molar-refractivity contribution in [1.82, 2.24) is 0 Å². The monoisotopic (exact) mass is 1020 g/mol. The fraction of sp³-hybridized carbons (Fsp3) is 0.719. The van der Waals surface area contributed by atoms with E-state index in [9.17, 15) is 133 Å². The van der Waals surface area contributed by atoms with Crippen molar-refractivity contribution in [3.8, 4) is 0 Å². The Morgan fingerprint density at radius 3 is 1.14 bits per heavy atom. The summed E-state index contributed by atoms with van der Waals surface area (Å²) in [5.41, 5.74) is -0.0216. The van der Waals surface area contributed by atoms with E-state index in [1.165, 1.54) is 6.92 Å². The molecule has 0 aromatic rings. The maximum absolute atomic E-state index is 13.5. The highest BCUT2D eigenvalue weighted by Gasteiger charge is 2.84. The number of esters is 3. The van der Waals surface area contributed by atoms with Gasteiger partial charge in [-0.1, -0.05) is 26.7 Å². The molecule has 0 aliphatic heterocycles. The van der Waals surface area contributed by atoms with Gasteiger partial charge in [-0.2, -0.15) is 119 Å². The van der Waals surface area contributed by atoms with Gasteiger partial charge >= 0.3 is 89.7 Å². The average molecular weight is 1020 g/mol. The van der Waals surface area contributed by atoms with Gasteiger partial charge < -0.3 is 14.2 Å². The molecule has 3 unspecified atom stereocenters. The first kappa shape index (κ1) is 65.0. The number of rotatable bonds is 19. The van der Waals surface area contributed by atoms with Crippen molar-refractivity contribution in [2.75, 3.05) is 6.61 Å². The van der Waals surface area contributed by atoms with E-state index < -0.39 is 134 Å². The van der Waals surface area contributed by atoms with Gasteiger partial charge in [0, 0.05) is 24.1 Å². The highest BCUT2D eigenvalue weighted by molar-refractivity contribution is 5.86. The van der Waals surface area contributed by atoms with Gasteiger partial charge in [-0.3, -0.25) is 0 Å². The van der Waals surface area contributed by atoms with E-state index >= 15 is 0 Å². The predicted molar refractivity (Wildman–Crippen MR) is 163 cm³/mol. The van der Waals surface area contributed by atoms with Gasteiger partial charge in [0.1, 0.15) is 6.10 Å². The third-order valence-electron chi connectivity index (χ3n) is 7.73. The molecule has 6 nitrogen and oxygen atoms in total. The van der Waals surface area contributed by atoms with E-state index in [2.05, 4.69) is 33.9 Å². The highest BCUT2D eigenvalue weighted by atomic mass is 19.4. The summed E-state index contributed by atoms with van der Waals surface area (Å²) in [6.07, 6.45) is -28.4. The molecule has 0 N–H and O–H groups in total. The van der Waals surface area contributed by atoms with Gasteiger partial charge in [-0.05, 0) is 33.6 Å². The van der Waals surface area contributed by atoms with Gasteiger partial charge in [-0.25, -0.2) is 14.4 Å². The summed E-state index contributed by atoms with van der Waals surface area (Å²) in [5.74, 6) is -65.1. The topological polar surface area (TPSA) is 78.9 Å². The lowest BCUT2D eigenvalue weighted by Gasteiger charge is -2.38. The number of carbonyl (C=O) groups is 3. The minimum absolute atomic E-state index is 0.0216. The third kappa shape index (κ3) is 14.4. The molecule has 0 saturated heterocycles. The van der Waals surface area contributed by atoms with Crippen LogP contribution in [0.15, 0.2) is 37.5 Å². The van der Waals surface area contributed by atoms with Crippen molar-refractivity contribution in [1.29, 1.82) is 0 Å². The molecular weight excluding hydrogens is 993 g/mol. The summed E-state index contributed by atoms with van der Waals surface area (Å²) in [7, 11) is 0. The van der Waals surface area contributed by atoms with Crippen LogP contribution in [0.25, 0.3) is 0 Å². The molecule has 0 rings (SSSR count).